The van der Waals surface area contributed by atoms with Crippen LogP contribution in [0.15, 0.2) is 24.3 Å². The third kappa shape index (κ3) is 4.59. The number of nitrogens with zero attached hydrogens (tertiary/aromatic N) is 1. The molecule has 2 N–H and O–H groups in total. The summed E-state index contributed by atoms with van der Waals surface area (Å²) in [4.78, 5) is 13.3. The van der Waals surface area contributed by atoms with Crippen molar-refractivity contribution in [2.24, 2.45) is 0 Å². The molecule has 0 bridgehead atoms. The molecular formula is C14H17ClF3N3O. The van der Waals surface area contributed by atoms with E-state index in [-0.39, 0.29) is 5.56 Å². The monoisotopic (exact) mass is 335 g/mol. The Balaban J connectivity index is 1.98. The summed E-state index contributed by atoms with van der Waals surface area (Å²) in [6.45, 7) is 1.17. The minimum absolute atomic E-state index is 0.283. The van der Waals surface area contributed by atoms with Gasteiger partial charge in [0.1, 0.15) is 6.04 Å². The lowest BCUT2D eigenvalue weighted by Gasteiger charge is -2.35. The molecule has 1 saturated heterocycles. The molecular weight excluding hydrogens is 319 g/mol. The SMILES string of the molecule is O=C(NCC(N1CCNCC1)C(F)(F)F)c1ccc(Cl)cc1. The summed E-state index contributed by atoms with van der Waals surface area (Å²) in [5.41, 5.74) is 0.283. The molecule has 1 aliphatic rings. The summed E-state index contributed by atoms with van der Waals surface area (Å²) < 4.78 is 39.5. The van der Waals surface area contributed by atoms with Gasteiger partial charge in [0.2, 0.25) is 0 Å². The molecule has 0 aliphatic carbocycles. The molecule has 0 aromatic heterocycles. The quantitative estimate of drug-likeness (QED) is 0.883. The molecule has 8 heteroatoms. The van der Waals surface area contributed by atoms with Gasteiger partial charge < -0.3 is 10.6 Å². The molecule has 1 aromatic rings. The van der Waals surface area contributed by atoms with Crippen molar-refractivity contribution in [2.45, 2.75) is 12.2 Å². The fourth-order valence-corrected chi connectivity index (χ4v) is 2.46. The third-order valence-corrected chi connectivity index (χ3v) is 3.78. The van der Waals surface area contributed by atoms with Gasteiger partial charge in [0.15, 0.2) is 0 Å². The largest absolute Gasteiger partial charge is 0.405 e. The van der Waals surface area contributed by atoms with E-state index in [4.69, 9.17) is 11.6 Å². The molecule has 1 atom stereocenters. The smallest absolute Gasteiger partial charge is 0.350 e. The second kappa shape index (κ2) is 7.30. The lowest BCUT2D eigenvalue weighted by atomic mass is 10.1. The Morgan fingerprint density at radius 1 is 1.27 bits per heavy atom. The molecule has 1 amide bonds. The Morgan fingerprint density at radius 2 is 1.86 bits per heavy atom. The molecule has 1 aliphatic heterocycles. The summed E-state index contributed by atoms with van der Waals surface area (Å²) in [6.07, 6.45) is -4.38. The van der Waals surface area contributed by atoms with Gasteiger partial charge in [-0.1, -0.05) is 11.6 Å². The van der Waals surface area contributed by atoms with Crippen molar-refractivity contribution >= 4 is 17.5 Å². The Hall–Kier alpha value is -1.31. The highest BCUT2D eigenvalue weighted by atomic mass is 35.5. The number of benzene rings is 1. The number of rotatable bonds is 4. The Labute approximate surface area is 131 Å². The van der Waals surface area contributed by atoms with Gasteiger partial charge in [-0.25, -0.2) is 0 Å². The van der Waals surface area contributed by atoms with Gasteiger partial charge in [0.05, 0.1) is 0 Å². The zero-order valence-electron chi connectivity index (χ0n) is 11.8. The van der Waals surface area contributed by atoms with Gasteiger partial charge in [-0.2, -0.15) is 13.2 Å². The van der Waals surface area contributed by atoms with Crippen molar-refractivity contribution in [2.75, 3.05) is 32.7 Å². The van der Waals surface area contributed by atoms with Crippen LogP contribution in [0, 0.1) is 0 Å². The third-order valence-electron chi connectivity index (χ3n) is 3.53. The predicted molar refractivity (Wildman–Crippen MR) is 78.1 cm³/mol. The van der Waals surface area contributed by atoms with Crippen LogP contribution in [0.5, 0.6) is 0 Å². The fraction of sp³-hybridized carbons (Fsp3) is 0.500. The summed E-state index contributed by atoms with van der Waals surface area (Å²) in [5, 5.41) is 5.83. The van der Waals surface area contributed by atoms with Gasteiger partial charge >= 0.3 is 6.18 Å². The van der Waals surface area contributed by atoms with Crippen LogP contribution in [-0.4, -0.2) is 55.7 Å². The number of halogens is 4. The number of nitrogens with one attached hydrogen (secondary N) is 2. The Bertz CT molecular complexity index is 501. The number of carbonyl (C=O) groups is 1. The Morgan fingerprint density at radius 3 is 2.41 bits per heavy atom. The van der Waals surface area contributed by atoms with E-state index in [1.54, 1.807) is 0 Å². The number of hydrogen-bond acceptors (Lipinski definition) is 3. The van der Waals surface area contributed by atoms with Crippen LogP contribution >= 0.6 is 11.6 Å². The van der Waals surface area contributed by atoms with Gasteiger partial charge in [0.25, 0.3) is 5.91 Å². The average molecular weight is 336 g/mol. The van der Waals surface area contributed by atoms with Gasteiger partial charge in [0, 0.05) is 43.3 Å². The van der Waals surface area contributed by atoms with Crippen molar-refractivity contribution in [3.8, 4) is 0 Å². The van der Waals surface area contributed by atoms with E-state index >= 15 is 0 Å². The van der Waals surface area contributed by atoms with E-state index in [9.17, 15) is 18.0 Å². The molecule has 1 heterocycles. The first-order valence-electron chi connectivity index (χ1n) is 6.93. The molecule has 122 valence electrons. The maximum atomic E-state index is 13.2. The van der Waals surface area contributed by atoms with Crippen LogP contribution in [0.1, 0.15) is 10.4 Å². The van der Waals surface area contributed by atoms with Crippen LogP contribution in [0.2, 0.25) is 5.02 Å². The minimum atomic E-state index is -4.38. The standard InChI is InChI=1S/C14H17ClF3N3O/c15-11-3-1-10(2-4-11)13(22)20-9-12(14(16,17)18)21-7-5-19-6-8-21/h1-4,12,19H,5-9H2,(H,20,22). The van der Waals surface area contributed by atoms with Crippen LogP contribution in [0.3, 0.4) is 0 Å². The number of carbonyl (C=O) groups excluding carboxylic acids is 1. The summed E-state index contributed by atoms with van der Waals surface area (Å²) in [5.74, 6) is -0.541. The van der Waals surface area contributed by atoms with E-state index in [1.165, 1.54) is 29.2 Å². The number of amides is 1. The predicted octanol–water partition coefficient (Wildman–Crippen LogP) is 1.91. The van der Waals surface area contributed by atoms with E-state index in [1.807, 2.05) is 0 Å². The van der Waals surface area contributed by atoms with Gasteiger partial charge in [-0.15, -0.1) is 0 Å². The highest BCUT2D eigenvalue weighted by Crippen LogP contribution is 2.24. The van der Waals surface area contributed by atoms with Crippen LogP contribution in [0.4, 0.5) is 13.2 Å². The van der Waals surface area contributed by atoms with E-state index in [0.717, 1.165) is 0 Å². The highest BCUT2D eigenvalue weighted by molar-refractivity contribution is 6.30. The second-order valence-electron chi connectivity index (χ2n) is 5.06. The minimum Gasteiger partial charge on any atom is -0.350 e. The zero-order valence-corrected chi connectivity index (χ0v) is 12.5. The van der Waals surface area contributed by atoms with E-state index in [0.29, 0.717) is 31.2 Å². The lowest BCUT2D eigenvalue weighted by molar-refractivity contribution is -0.183. The molecule has 1 aromatic carbocycles. The number of piperazine rings is 1. The summed E-state index contributed by atoms with van der Waals surface area (Å²) >= 11 is 5.71. The summed E-state index contributed by atoms with van der Waals surface area (Å²) in [6, 6.07) is 4.32. The maximum Gasteiger partial charge on any atom is 0.405 e. The molecule has 1 fully saturated rings. The zero-order chi connectivity index (χ0) is 16.2. The van der Waals surface area contributed by atoms with Crippen LogP contribution in [0.25, 0.3) is 0 Å². The molecule has 22 heavy (non-hydrogen) atoms. The van der Waals surface area contributed by atoms with E-state index in [2.05, 4.69) is 10.6 Å². The van der Waals surface area contributed by atoms with E-state index < -0.39 is 24.7 Å². The molecule has 4 nitrogen and oxygen atoms in total. The van der Waals surface area contributed by atoms with Crippen molar-refractivity contribution in [1.29, 1.82) is 0 Å². The second-order valence-corrected chi connectivity index (χ2v) is 5.50. The normalized spacial score (nSPS) is 18.0. The average Bonchev–Trinajstić information content (AvgIpc) is 2.47. The Kier molecular flexibility index (Phi) is 5.66. The number of alkyl halides is 3. The van der Waals surface area contributed by atoms with Gasteiger partial charge in [-0.3, -0.25) is 9.69 Å². The highest BCUT2D eigenvalue weighted by Gasteiger charge is 2.43. The van der Waals surface area contributed by atoms with Crippen molar-refractivity contribution in [3.05, 3.63) is 34.9 Å². The first-order chi connectivity index (χ1) is 10.4. The van der Waals surface area contributed by atoms with Crippen LogP contribution < -0.4 is 10.6 Å². The molecule has 2 rings (SSSR count). The van der Waals surface area contributed by atoms with Crippen molar-refractivity contribution in [3.63, 3.8) is 0 Å². The van der Waals surface area contributed by atoms with Crippen molar-refractivity contribution in [1.82, 2.24) is 15.5 Å². The fourth-order valence-electron chi connectivity index (χ4n) is 2.34. The van der Waals surface area contributed by atoms with Crippen molar-refractivity contribution < 1.29 is 18.0 Å². The lowest BCUT2D eigenvalue weighted by Crippen LogP contribution is -2.57. The van der Waals surface area contributed by atoms with Gasteiger partial charge in [-0.05, 0) is 24.3 Å². The first-order valence-corrected chi connectivity index (χ1v) is 7.31. The molecule has 1 unspecified atom stereocenters. The molecule has 0 radical (unpaired) electrons. The number of hydrogen-bond donors (Lipinski definition) is 2. The summed E-state index contributed by atoms with van der Waals surface area (Å²) in [7, 11) is 0. The van der Waals surface area contributed by atoms with Crippen LogP contribution in [-0.2, 0) is 0 Å². The first kappa shape index (κ1) is 17.1. The topological polar surface area (TPSA) is 44.4 Å². The molecule has 0 saturated carbocycles. The maximum absolute atomic E-state index is 13.2. The molecule has 0 spiro atoms.